The van der Waals surface area contributed by atoms with Crippen LogP contribution in [0.15, 0.2) is 0 Å². The Morgan fingerprint density at radius 1 is 1.16 bits per heavy atom. The van der Waals surface area contributed by atoms with E-state index in [2.05, 4.69) is 10.4 Å². The molecule has 0 aromatic carbocycles. The van der Waals surface area contributed by atoms with E-state index >= 15 is 0 Å². The topological polar surface area (TPSA) is 143 Å². The number of rotatable bonds is 10. The van der Waals surface area contributed by atoms with Gasteiger partial charge in [0, 0.05) is 6.42 Å². The molecule has 0 saturated carbocycles. The smallest absolute Gasteiger partial charge is 0.348 e. The highest BCUT2D eigenvalue weighted by Gasteiger charge is 2.28. The first-order valence-electron chi connectivity index (χ1n) is 10.1. The number of amides is 1. The molecular formula is C20H26N4O7S. The summed E-state index contributed by atoms with van der Waals surface area (Å²) in [5.41, 5.74) is 1.02. The average Bonchev–Trinajstić information content (AvgIpc) is 3.20. The Labute approximate surface area is 188 Å². The van der Waals surface area contributed by atoms with Crippen LogP contribution in [0.2, 0.25) is 0 Å². The molecule has 11 nitrogen and oxygen atoms in total. The number of carbonyl (C=O) groups excluding carboxylic acids is 3. The van der Waals surface area contributed by atoms with Crippen LogP contribution in [0.25, 0.3) is 0 Å². The third-order valence-electron chi connectivity index (χ3n) is 4.58. The molecule has 0 aliphatic rings. The summed E-state index contributed by atoms with van der Waals surface area (Å²) in [6.45, 7) is 8.68. The van der Waals surface area contributed by atoms with Crippen molar-refractivity contribution >= 4 is 39.9 Å². The zero-order chi connectivity index (χ0) is 24.0. The number of esters is 2. The van der Waals surface area contributed by atoms with Crippen molar-refractivity contribution in [2.24, 2.45) is 0 Å². The zero-order valence-corrected chi connectivity index (χ0v) is 19.5. The van der Waals surface area contributed by atoms with E-state index in [1.165, 1.54) is 11.6 Å². The first kappa shape index (κ1) is 25.0. The van der Waals surface area contributed by atoms with Crippen molar-refractivity contribution < 1.29 is 28.8 Å². The third kappa shape index (κ3) is 5.49. The highest BCUT2D eigenvalue weighted by atomic mass is 32.1. The Balaban J connectivity index is 2.23. The van der Waals surface area contributed by atoms with Gasteiger partial charge in [0.1, 0.15) is 21.3 Å². The normalized spacial score (nSPS) is 10.7. The van der Waals surface area contributed by atoms with Crippen LogP contribution in [0, 0.1) is 30.9 Å². The van der Waals surface area contributed by atoms with Gasteiger partial charge in [-0.3, -0.25) is 19.6 Å². The SMILES string of the molecule is CCCOC(=O)c1c(NC(=O)CCn2nc(C)c([N+](=O)[O-])c2C)sc(C(=O)OCC)c1C. The van der Waals surface area contributed by atoms with Gasteiger partial charge in [-0.25, -0.2) is 9.59 Å². The summed E-state index contributed by atoms with van der Waals surface area (Å²) in [6, 6.07) is 0. The van der Waals surface area contributed by atoms with Gasteiger partial charge in [-0.15, -0.1) is 11.3 Å². The molecule has 12 heteroatoms. The first-order chi connectivity index (χ1) is 15.1. The summed E-state index contributed by atoms with van der Waals surface area (Å²) in [5, 5.41) is 18.1. The van der Waals surface area contributed by atoms with Crippen LogP contribution < -0.4 is 5.32 Å². The van der Waals surface area contributed by atoms with Gasteiger partial charge in [0.05, 0.1) is 30.2 Å². The maximum absolute atomic E-state index is 12.6. The monoisotopic (exact) mass is 466 g/mol. The van der Waals surface area contributed by atoms with Crippen molar-refractivity contribution in [3.8, 4) is 0 Å². The van der Waals surface area contributed by atoms with Crippen molar-refractivity contribution in [3.05, 3.63) is 37.5 Å². The van der Waals surface area contributed by atoms with Crippen LogP contribution >= 0.6 is 11.3 Å². The summed E-state index contributed by atoms with van der Waals surface area (Å²) in [4.78, 5) is 48.2. The number of aryl methyl sites for hydroxylation is 2. The zero-order valence-electron chi connectivity index (χ0n) is 18.6. The number of nitrogens with one attached hydrogen (secondary N) is 1. The van der Waals surface area contributed by atoms with Crippen LogP contribution in [0.4, 0.5) is 10.7 Å². The van der Waals surface area contributed by atoms with Gasteiger partial charge in [0.2, 0.25) is 5.91 Å². The number of aromatic nitrogens is 2. The molecule has 2 heterocycles. The molecule has 0 spiro atoms. The van der Waals surface area contributed by atoms with Gasteiger partial charge >= 0.3 is 17.6 Å². The molecule has 1 N–H and O–H groups in total. The molecule has 0 atom stereocenters. The van der Waals surface area contributed by atoms with E-state index in [1.54, 1.807) is 20.8 Å². The van der Waals surface area contributed by atoms with Crippen LogP contribution in [-0.2, 0) is 20.8 Å². The summed E-state index contributed by atoms with van der Waals surface area (Å²) in [7, 11) is 0. The summed E-state index contributed by atoms with van der Waals surface area (Å²) in [5.74, 6) is -1.67. The van der Waals surface area contributed by atoms with Gasteiger partial charge < -0.3 is 14.8 Å². The van der Waals surface area contributed by atoms with Crippen molar-refractivity contribution in [2.45, 2.75) is 54.0 Å². The number of thiophene rings is 1. The highest BCUT2D eigenvalue weighted by Crippen LogP contribution is 2.34. The van der Waals surface area contributed by atoms with Crippen molar-refractivity contribution in [1.29, 1.82) is 0 Å². The Morgan fingerprint density at radius 2 is 1.84 bits per heavy atom. The maximum Gasteiger partial charge on any atom is 0.348 e. The van der Waals surface area contributed by atoms with Gasteiger partial charge in [0.25, 0.3) is 0 Å². The number of nitrogens with zero attached hydrogens (tertiary/aromatic N) is 3. The fourth-order valence-corrected chi connectivity index (χ4v) is 4.18. The lowest BCUT2D eigenvalue weighted by Gasteiger charge is -2.08. The maximum atomic E-state index is 12.6. The molecule has 2 aromatic heterocycles. The van der Waals surface area contributed by atoms with Crippen molar-refractivity contribution in [1.82, 2.24) is 9.78 Å². The van der Waals surface area contributed by atoms with Crippen LogP contribution in [0.5, 0.6) is 0 Å². The molecule has 174 valence electrons. The minimum atomic E-state index is -0.638. The molecule has 0 saturated heterocycles. The van der Waals surface area contributed by atoms with Gasteiger partial charge in [-0.1, -0.05) is 6.92 Å². The third-order valence-corrected chi connectivity index (χ3v) is 5.77. The summed E-state index contributed by atoms with van der Waals surface area (Å²) < 4.78 is 11.6. The lowest BCUT2D eigenvalue weighted by atomic mass is 10.1. The predicted octanol–water partition coefficient (Wildman–Crippen LogP) is 3.55. The minimum absolute atomic E-state index is 0.0474. The molecule has 0 aliphatic carbocycles. The Kier molecular flexibility index (Phi) is 8.47. The molecule has 32 heavy (non-hydrogen) atoms. The van der Waals surface area contributed by atoms with E-state index in [0.717, 1.165) is 11.3 Å². The highest BCUT2D eigenvalue weighted by molar-refractivity contribution is 7.18. The van der Waals surface area contributed by atoms with Crippen LogP contribution in [0.1, 0.15) is 63.7 Å². The van der Waals surface area contributed by atoms with Crippen LogP contribution in [-0.4, -0.2) is 45.8 Å². The second-order valence-electron chi connectivity index (χ2n) is 6.91. The number of anilines is 1. The number of ether oxygens (including phenoxy) is 2. The summed E-state index contributed by atoms with van der Waals surface area (Å²) in [6.07, 6.45) is 0.574. The van der Waals surface area contributed by atoms with E-state index in [9.17, 15) is 24.5 Å². The second-order valence-corrected chi connectivity index (χ2v) is 7.94. The Hall–Kier alpha value is -3.28. The van der Waals surface area contributed by atoms with Gasteiger partial charge in [-0.2, -0.15) is 5.10 Å². The molecular weight excluding hydrogens is 440 g/mol. The molecule has 1 amide bonds. The molecule has 0 bridgehead atoms. The van der Waals surface area contributed by atoms with E-state index in [4.69, 9.17) is 9.47 Å². The van der Waals surface area contributed by atoms with Crippen molar-refractivity contribution in [3.63, 3.8) is 0 Å². The molecule has 2 rings (SSSR count). The van der Waals surface area contributed by atoms with Gasteiger partial charge in [0.15, 0.2) is 0 Å². The lowest BCUT2D eigenvalue weighted by Crippen LogP contribution is -2.17. The first-order valence-corrected chi connectivity index (χ1v) is 10.9. The van der Waals surface area contributed by atoms with E-state index in [-0.39, 0.29) is 53.0 Å². The quantitative estimate of drug-likeness (QED) is 0.318. The number of hydrogen-bond donors (Lipinski definition) is 1. The van der Waals surface area contributed by atoms with Crippen molar-refractivity contribution in [2.75, 3.05) is 18.5 Å². The lowest BCUT2D eigenvalue weighted by molar-refractivity contribution is -0.386. The average molecular weight is 467 g/mol. The van der Waals surface area contributed by atoms with Gasteiger partial charge in [-0.05, 0) is 39.7 Å². The van der Waals surface area contributed by atoms with E-state index < -0.39 is 22.8 Å². The summed E-state index contributed by atoms with van der Waals surface area (Å²) >= 11 is 0.941. The molecule has 0 radical (unpaired) electrons. The second kappa shape index (κ2) is 10.8. The standard InChI is InChI=1S/C20H26N4O7S/c1-6-10-31-19(26)15-11(3)17(20(27)30-7-2)32-18(15)21-14(25)8-9-23-13(5)16(24(28)29)12(4)22-23/h6-10H2,1-5H3,(H,21,25). The fourth-order valence-electron chi connectivity index (χ4n) is 3.07. The molecule has 2 aromatic rings. The number of hydrogen-bond acceptors (Lipinski definition) is 9. The number of nitro groups is 1. The Morgan fingerprint density at radius 3 is 2.41 bits per heavy atom. The van der Waals surface area contributed by atoms with E-state index in [0.29, 0.717) is 17.7 Å². The van der Waals surface area contributed by atoms with E-state index in [1.807, 2.05) is 6.92 Å². The largest absolute Gasteiger partial charge is 0.462 e. The van der Waals surface area contributed by atoms with Crippen LogP contribution in [0.3, 0.4) is 0 Å². The number of carbonyl (C=O) groups is 3. The Bertz CT molecular complexity index is 1040. The predicted molar refractivity (Wildman–Crippen MR) is 117 cm³/mol. The molecule has 0 fully saturated rings. The fraction of sp³-hybridized carbons (Fsp3) is 0.500. The molecule has 0 unspecified atom stereocenters. The molecule has 0 aliphatic heterocycles. The minimum Gasteiger partial charge on any atom is -0.462 e.